The highest BCUT2D eigenvalue weighted by molar-refractivity contribution is 5.65. The van der Waals surface area contributed by atoms with Gasteiger partial charge in [0.25, 0.3) is 0 Å². The van der Waals surface area contributed by atoms with E-state index in [-0.39, 0.29) is 24.6 Å². The normalized spacial score (nSPS) is 10.9. The second kappa shape index (κ2) is 18.7. The minimum Gasteiger partial charge on any atom is -0.466 e. The topological polar surface area (TPSA) is 66.8 Å². The van der Waals surface area contributed by atoms with Crippen LogP contribution in [-0.2, 0) is 9.53 Å². The fraction of sp³-hybridized carbons (Fsp3) is 0.950. The van der Waals surface area contributed by atoms with Gasteiger partial charge in [-0.2, -0.15) is 0 Å². The SMILES string of the molecule is CC(C)(CO)CO.CCCCCCCCCCCCCOC(C)=O. The Balaban J connectivity index is 0. The number of aliphatic hydroxyl groups excluding tert-OH is 2. The molecule has 0 aromatic carbocycles. The first-order valence-corrected chi connectivity index (χ1v) is 9.74. The van der Waals surface area contributed by atoms with Crippen LogP contribution in [0, 0.1) is 5.41 Å². The molecule has 0 aliphatic rings. The molecular formula is C20H42O4. The van der Waals surface area contributed by atoms with Gasteiger partial charge >= 0.3 is 5.97 Å². The van der Waals surface area contributed by atoms with Crippen LogP contribution in [0.4, 0.5) is 0 Å². The smallest absolute Gasteiger partial charge is 0.302 e. The second-order valence-corrected chi connectivity index (χ2v) is 7.36. The molecule has 2 N–H and O–H groups in total. The van der Waals surface area contributed by atoms with Crippen LogP contribution in [0.25, 0.3) is 0 Å². The molecule has 0 heterocycles. The Morgan fingerprint density at radius 1 is 0.792 bits per heavy atom. The van der Waals surface area contributed by atoms with Gasteiger partial charge in [-0.1, -0.05) is 85.0 Å². The minimum atomic E-state index is -0.306. The molecule has 0 amide bonds. The van der Waals surface area contributed by atoms with Crippen molar-refractivity contribution in [2.75, 3.05) is 19.8 Å². The van der Waals surface area contributed by atoms with Crippen LogP contribution in [0.15, 0.2) is 0 Å². The lowest BCUT2D eigenvalue weighted by Crippen LogP contribution is -2.20. The summed E-state index contributed by atoms with van der Waals surface area (Å²) in [4.78, 5) is 10.5. The number of unbranched alkanes of at least 4 members (excludes halogenated alkanes) is 10. The molecule has 4 heteroatoms. The molecule has 0 rings (SSSR count). The maximum Gasteiger partial charge on any atom is 0.302 e. The third kappa shape index (κ3) is 23.7. The van der Waals surface area contributed by atoms with Crippen LogP contribution >= 0.6 is 0 Å². The molecule has 0 atom stereocenters. The fourth-order valence-electron chi connectivity index (χ4n) is 2.03. The lowest BCUT2D eigenvalue weighted by Gasteiger charge is -2.16. The van der Waals surface area contributed by atoms with Crippen molar-refractivity contribution in [2.24, 2.45) is 5.41 Å². The Bertz CT molecular complexity index is 258. The first-order chi connectivity index (χ1) is 11.4. The van der Waals surface area contributed by atoms with Crippen LogP contribution in [0.1, 0.15) is 98.3 Å². The quantitative estimate of drug-likeness (QED) is 0.348. The molecule has 0 aromatic rings. The summed E-state index contributed by atoms with van der Waals surface area (Å²) in [5, 5.41) is 16.9. The summed E-state index contributed by atoms with van der Waals surface area (Å²) in [7, 11) is 0. The van der Waals surface area contributed by atoms with Crippen LogP contribution in [0.3, 0.4) is 0 Å². The Morgan fingerprint density at radius 3 is 1.46 bits per heavy atom. The van der Waals surface area contributed by atoms with Crippen molar-refractivity contribution in [2.45, 2.75) is 98.3 Å². The first-order valence-electron chi connectivity index (χ1n) is 9.74. The molecule has 4 nitrogen and oxygen atoms in total. The standard InChI is InChI=1S/C15H30O2.C5H12O2/c1-3-4-5-6-7-8-9-10-11-12-13-14-17-15(2)16;1-5(2,3-6)4-7/h3-14H2,1-2H3;6-7H,3-4H2,1-2H3. The number of esters is 1. The molecule has 0 aromatic heterocycles. The van der Waals surface area contributed by atoms with E-state index in [4.69, 9.17) is 14.9 Å². The molecule has 0 unspecified atom stereocenters. The van der Waals surface area contributed by atoms with Gasteiger partial charge < -0.3 is 14.9 Å². The summed E-state index contributed by atoms with van der Waals surface area (Å²) in [6.07, 6.45) is 14.6. The van der Waals surface area contributed by atoms with Crippen LogP contribution < -0.4 is 0 Å². The zero-order valence-electron chi connectivity index (χ0n) is 16.6. The summed E-state index contributed by atoms with van der Waals surface area (Å²) in [5.41, 5.74) is -0.306. The van der Waals surface area contributed by atoms with Gasteiger partial charge in [0.15, 0.2) is 0 Å². The lowest BCUT2D eigenvalue weighted by molar-refractivity contribution is -0.141. The van der Waals surface area contributed by atoms with Crippen LogP contribution in [0.2, 0.25) is 0 Å². The molecule has 0 aliphatic heterocycles. The Hall–Kier alpha value is -0.610. The highest BCUT2D eigenvalue weighted by atomic mass is 16.5. The maximum atomic E-state index is 10.5. The van der Waals surface area contributed by atoms with Gasteiger partial charge in [-0.15, -0.1) is 0 Å². The molecule has 0 radical (unpaired) electrons. The number of hydrogen-bond acceptors (Lipinski definition) is 4. The summed E-state index contributed by atoms with van der Waals surface area (Å²) in [6.45, 7) is 8.02. The molecule has 0 aliphatic carbocycles. The van der Waals surface area contributed by atoms with Crippen molar-refractivity contribution in [3.8, 4) is 0 Å². The molecule has 0 spiro atoms. The van der Waals surface area contributed by atoms with E-state index in [9.17, 15) is 4.79 Å². The molecule has 0 saturated carbocycles. The van der Waals surface area contributed by atoms with Gasteiger partial charge in [-0.25, -0.2) is 0 Å². The number of carbonyl (C=O) groups is 1. The van der Waals surface area contributed by atoms with Gasteiger partial charge in [0, 0.05) is 12.3 Å². The van der Waals surface area contributed by atoms with Crippen molar-refractivity contribution in [3.63, 3.8) is 0 Å². The van der Waals surface area contributed by atoms with Crippen molar-refractivity contribution in [1.29, 1.82) is 0 Å². The predicted molar refractivity (Wildman–Crippen MR) is 101 cm³/mol. The van der Waals surface area contributed by atoms with Crippen molar-refractivity contribution in [3.05, 3.63) is 0 Å². The van der Waals surface area contributed by atoms with Gasteiger partial charge in [0.05, 0.1) is 19.8 Å². The van der Waals surface area contributed by atoms with E-state index in [2.05, 4.69) is 6.92 Å². The Morgan fingerprint density at radius 2 is 1.17 bits per heavy atom. The van der Waals surface area contributed by atoms with Crippen molar-refractivity contribution in [1.82, 2.24) is 0 Å². The average Bonchev–Trinajstić information content (AvgIpc) is 2.56. The van der Waals surface area contributed by atoms with Gasteiger partial charge in [0.2, 0.25) is 0 Å². The third-order valence-corrected chi connectivity index (χ3v) is 3.91. The van der Waals surface area contributed by atoms with Crippen LogP contribution in [-0.4, -0.2) is 36.0 Å². The summed E-state index contributed by atoms with van der Waals surface area (Å²) < 4.78 is 4.89. The maximum absolute atomic E-state index is 10.5. The number of ether oxygens (including phenoxy) is 1. The second-order valence-electron chi connectivity index (χ2n) is 7.36. The summed E-state index contributed by atoms with van der Waals surface area (Å²) in [5.74, 6) is -0.155. The average molecular weight is 347 g/mol. The minimum absolute atomic E-state index is 0.0451. The number of rotatable bonds is 14. The van der Waals surface area contributed by atoms with E-state index in [0.717, 1.165) is 6.42 Å². The molecule has 0 saturated heterocycles. The lowest BCUT2D eigenvalue weighted by atomic mass is 9.97. The predicted octanol–water partition coefficient (Wildman–Crippen LogP) is 4.86. The molecule has 146 valence electrons. The molecule has 0 fully saturated rings. The van der Waals surface area contributed by atoms with E-state index in [1.165, 1.54) is 71.1 Å². The highest BCUT2D eigenvalue weighted by Gasteiger charge is 2.13. The fourth-order valence-corrected chi connectivity index (χ4v) is 2.03. The largest absolute Gasteiger partial charge is 0.466 e. The Kier molecular flexibility index (Phi) is 20.0. The van der Waals surface area contributed by atoms with Crippen molar-refractivity contribution < 1.29 is 19.7 Å². The van der Waals surface area contributed by atoms with E-state index >= 15 is 0 Å². The number of aliphatic hydroxyl groups is 2. The monoisotopic (exact) mass is 346 g/mol. The van der Waals surface area contributed by atoms with Gasteiger partial charge in [0.1, 0.15) is 0 Å². The highest BCUT2D eigenvalue weighted by Crippen LogP contribution is 2.11. The van der Waals surface area contributed by atoms with Gasteiger partial charge in [-0.3, -0.25) is 4.79 Å². The first kappa shape index (κ1) is 25.6. The van der Waals surface area contributed by atoms with E-state index < -0.39 is 0 Å². The van der Waals surface area contributed by atoms with E-state index in [0.29, 0.717) is 6.61 Å². The summed E-state index contributed by atoms with van der Waals surface area (Å²) in [6, 6.07) is 0. The molecular weight excluding hydrogens is 304 g/mol. The zero-order valence-corrected chi connectivity index (χ0v) is 16.6. The van der Waals surface area contributed by atoms with Crippen molar-refractivity contribution >= 4 is 5.97 Å². The Labute approximate surface area is 150 Å². The summed E-state index contributed by atoms with van der Waals surface area (Å²) >= 11 is 0. The number of carbonyl (C=O) groups excluding carboxylic acids is 1. The van der Waals surface area contributed by atoms with E-state index in [1.54, 1.807) is 13.8 Å². The number of hydrogen-bond donors (Lipinski definition) is 2. The van der Waals surface area contributed by atoms with Crippen LogP contribution in [0.5, 0.6) is 0 Å². The molecule has 24 heavy (non-hydrogen) atoms. The zero-order chi connectivity index (χ0) is 18.7. The van der Waals surface area contributed by atoms with E-state index in [1.807, 2.05) is 0 Å². The molecule has 0 bridgehead atoms. The van der Waals surface area contributed by atoms with Gasteiger partial charge in [-0.05, 0) is 6.42 Å². The third-order valence-electron chi connectivity index (χ3n) is 3.91.